The number of ether oxygens (including phenoxy) is 2. The molecule has 1 aromatic heterocycles. The van der Waals surface area contributed by atoms with Crippen LogP contribution in [0, 0.1) is 6.92 Å². The Kier molecular flexibility index (Phi) is 4.85. The molecule has 2 heterocycles. The number of para-hydroxylation sites is 1. The number of methoxy groups -OCH3 is 1. The van der Waals surface area contributed by atoms with Crippen LogP contribution in [-0.2, 0) is 16.1 Å². The third-order valence-electron chi connectivity index (χ3n) is 4.56. The Bertz CT molecular complexity index is 687. The number of likely N-dealkylation sites (tertiary alicyclic amines) is 1. The number of aromatic nitrogens is 2. The molecule has 0 bridgehead atoms. The number of aryl methyl sites for hydroxylation is 1. The lowest BCUT2D eigenvalue weighted by Crippen LogP contribution is -2.43. The van der Waals surface area contributed by atoms with Crippen LogP contribution < -0.4 is 4.74 Å². The predicted octanol–water partition coefficient (Wildman–Crippen LogP) is 1.89. The minimum absolute atomic E-state index is 0.0721. The number of nitrogens with zero attached hydrogens (tertiary/aromatic N) is 3. The second-order valence-electron chi connectivity index (χ2n) is 6.24. The molecule has 1 saturated heterocycles. The van der Waals surface area contributed by atoms with Gasteiger partial charge in [-0.3, -0.25) is 4.79 Å². The highest BCUT2D eigenvalue weighted by molar-refractivity contribution is 5.76. The minimum atomic E-state index is -0.452. The number of hydrogen-bond donors (Lipinski definition) is 0. The second kappa shape index (κ2) is 7.05. The maximum atomic E-state index is 12.4. The third-order valence-corrected chi connectivity index (χ3v) is 4.56. The molecule has 0 N–H and O–H groups in total. The summed E-state index contributed by atoms with van der Waals surface area (Å²) < 4.78 is 13.5. The number of carbonyl (C=O) groups excluding carboxylic acids is 1. The first-order chi connectivity index (χ1) is 11.6. The van der Waals surface area contributed by atoms with Crippen LogP contribution in [0.15, 0.2) is 43.0 Å². The van der Waals surface area contributed by atoms with Crippen molar-refractivity contribution in [3.8, 4) is 5.75 Å². The van der Waals surface area contributed by atoms with Gasteiger partial charge in [0.25, 0.3) is 0 Å². The monoisotopic (exact) mass is 329 g/mol. The van der Waals surface area contributed by atoms with E-state index >= 15 is 0 Å². The van der Waals surface area contributed by atoms with Crippen molar-refractivity contribution >= 4 is 5.91 Å². The zero-order valence-corrected chi connectivity index (χ0v) is 14.1. The fraction of sp³-hybridized carbons (Fsp3) is 0.444. The van der Waals surface area contributed by atoms with E-state index < -0.39 is 5.60 Å². The summed E-state index contributed by atoms with van der Waals surface area (Å²) in [6.07, 6.45) is 5.88. The first-order valence-electron chi connectivity index (χ1n) is 8.09. The molecule has 1 aliphatic heterocycles. The Morgan fingerprint density at radius 1 is 1.38 bits per heavy atom. The van der Waals surface area contributed by atoms with Crippen molar-refractivity contribution in [1.82, 2.24) is 14.5 Å². The summed E-state index contributed by atoms with van der Waals surface area (Å²) in [5.74, 6) is 0.930. The Morgan fingerprint density at radius 2 is 2.21 bits per heavy atom. The average Bonchev–Trinajstić information content (AvgIpc) is 3.24. The Labute approximate surface area is 142 Å². The van der Waals surface area contributed by atoms with Crippen LogP contribution in [0.3, 0.4) is 0 Å². The van der Waals surface area contributed by atoms with Gasteiger partial charge in [-0.1, -0.05) is 18.2 Å². The van der Waals surface area contributed by atoms with Gasteiger partial charge in [0.15, 0.2) is 0 Å². The fourth-order valence-electron chi connectivity index (χ4n) is 2.96. The van der Waals surface area contributed by atoms with Crippen LogP contribution in [0.4, 0.5) is 0 Å². The van der Waals surface area contributed by atoms with E-state index in [1.807, 2.05) is 36.1 Å². The molecule has 0 unspecified atom stereocenters. The van der Waals surface area contributed by atoms with Crippen LogP contribution in [0.1, 0.15) is 12.0 Å². The van der Waals surface area contributed by atoms with E-state index in [9.17, 15) is 4.79 Å². The molecule has 6 heteroatoms. The summed E-state index contributed by atoms with van der Waals surface area (Å²) in [5.41, 5.74) is 0.641. The van der Waals surface area contributed by atoms with Gasteiger partial charge in [-0.15, -0.1) is 0 Å². The molecule has 0 saturated carbocycles. The van der Waals surface area contributed by atoms with Gasteiger partial charge in [-0.05, 0) is 25.0 Å². The first kappa shape index (κ1) is 16.5. The number of benzene rings is 1. The molecule has 0 spiro atoms. The molecule has 1 atom stereocenters. The average molecular weight is 329 g/mol. The van der Waals surface area contributed by atoms with Crippen LogP contribution in [-0.4, -0.2) is 52.8 Å². The SMILES string of the molecule is CO[C@]1(COc2ccccc2C)CCN(C(=O)Cn2ccnc2)C1. The predicted molar refractivity (Wildman–Crippen MR) is 89.8 cm³/mol. The van der Waals surface area contributed by atoms with Crippen LogP contribution in [0.5, 0.6) is 5.75 Å². The zero-order chi connectivity index (χ0) is 17.0. The van der Waals surface area contributed by atoms with E-state index in [0.717, 1.165) is 17.7 Å². The third kappa shape index (κ3) is 3.59. The highest BCUT2D eigenvalue weighted by atomic mass is 16.5. The van der Waals surface area contributed by atoms with Crippen molar-refractivity contribution in [1.29, 1.82) is 0 Å². The van der Waals surface area contributed by atoms with Crippen LogP contribution >= 0.6 is 0 Å². The number of imidazole rings is 1. The molecule has 3 rings (SSSR count). The molecule has 24 heavy (non-hydrogen) atoms. The van der Waals surface area contributed by atoms with Gasteiger partial charge in [-0.25, -0.2) is 4.98 Å². The molecule has 1 fully saturated rings. The maximum absolute atomic E-state index is 12.4. The van der Waals surface area contributed by atoms with Crippen LogP contribution in [0.25, 0.3) is 0 Å². The Morgan fingerprint density at radius 3 is 2.92 bits per heavy atom. The molecule has 2 aromatic rings. The fourth-order valence-corrected chi connectivity index (χ4v) is 2.96. The van der Waals surface area contributed by atoms with E-state index in [0.29, 0.717) is 26.2 Å². The lowest BCUT2D eigenvalue weighted by molar-refractivity contribution is -0.132. The Balaban J connectivity index is 1.60. The summed E-state index contributed by atoms with van der Waals surface area (Å²) in [5, 5.41) is 0. The van der Waals surface area contributed by atoms with Gasteiger partial charge in [0, 0.05) is 26.0 Å². The molecule has 128 valence electrons. The van der Waals surface area contributed by atoms with Gasteiger partial charge >= 0.3 is 0 Å². The molecule has 6 nitrogen and oxygen atoms in total. The molecule has 1 aliphatic rings. The molecule has 1 amide bonds. The highest BCUT2D eigenvalue weighted by Gasteiger charge is 2.41. The van der Waals surface area contributed by atoms with Crippen molar-refractivity contribution in [2.24, 2.45) is 0 Å². The molecular formula is C18H23N3O3. The summed E-state index contributed by atoms with van der Waals surface area (Å²) in [4.78, 5) is 18.2. The normalized spacial score (nSPS) is 20.3. The highest BCUT2D eigenvalue weighted by Crippen LogP contribution is 2.27. The molecule has 0 aliphatic carbocycles. The van der Waals surface area contributed by atoms with Crippen molar-refractivity contribution in [3.05, 3.63) is 48.5 Å². The maximum Gasteiger partial charge on any atom is 0.242 e. The quantitative estimate of drug-likeness (QED) is 0.812. The first-order valence-corrected chi connectivity index (χ1v) is 8.09. The minimum Gasteiger partial charge on any atom is -0.490 e. The van der Waals surface area contributed by atoms with Gasteiger partial charge in [0.1, 0.15) is 24.5 Å². The second-order valence-corrected chi connectivity index (χ2v) is 6.24. The van der Waals surface area contributed by atoms with Crippen molar-refractivity contribution in [3.63, 3.8) is 0 Å². The van der Waals surface area contributed by atoms with E-state index in [4.69, 9.17) is 9.47 Å². The Hall–Kier alpha value is -2.34. The molecule has 0 radical (unpaired) electrons. The van der Waals surface area contributed by atoms with Gasteiger partial charge in [0.05, 0.1) is 12.9 Å². The van der Waals surface area contributed by atoms with Crippen molar-refractivity contribution in [2.45, 2.75) is 25.5 Å². The van der Waals surface area contributed by atoms with E-state index in [2.05, 4.69) is 4.98 Å². The topological polar surface area (TPSA) is 56.6 Å². The van der Waals surface area contributed by atoms with Gasteiger partial charge in [0.2, 0.25) is 5.91 Å². The number of amides is 1. The molecule has 1 aromatic carbocycles. The number of hydrogen-bond acceptors (Lipinski definition) is 4. The van der Waals surface area contributed by atoms with Crippen LogP contribution in [0.2, 0.25) is 0 Å². The van der Waals surface area contributed by atoms with E-state index in [1.165, 1.54) is 0 Å². The zero-order valence-electron chi connectivity index (χ0n) is 14.1. The summed E-state index contributed by atoms with van der Waals surface area (Å²) >= 11 is 0. The van der Waals surface area contributed by atoms with Crippen molar-refractivity contribution < 1.29 is 14.3 Å². The lowest BCUT2D eigenvalue weighted by Gasteiger charge is -2.28. The van der Waals surface area contributed by atoms with Gasteiger partial charge < -0.3 is 18.9 Å². The summed E-state index contributed by atoms with van der Waals surface area (Å²) in [6, 6.07) is 7.91. The lowest BCUT2D eigenvalue weighted by atomic mass is 10.0. The van der Waals surface area contributed by atoms with E-state index in [1.54, 1.807) is 30.4 Å². The van der Waals surface area contributed by atoms with Gasteiger partial charge in [-0.2, -0.15) is 0 Å². The standard InChI is InChI=1S/C18H23N3O3/c1-15-5-3-4-6-16(15)24-13-18(23-2)7-9-21(12-18)17(22)11-20-10-8-19-14-20/h3-6,8,10,14H,7,9,11-13H2,1-2H3/t18-/m1/s1. The number of rotatable bonds is 6. The number of carbonyl (C=O) groups is 1. The largest absolute Gasteiger partial charge is 0.490 e. The summed E-state index contributed by atoms with van der Waals surface area (Å²) in [7, 11) is 1.69. The summed E-state index contributed by atoms with van der Waals surface area (Å²) in [6.45, 7) is 3.98. The van der Waals surface area contributed by atoms with Crippen molar-refractivity contribution in [2.75, 3.05) is 26.8 Å². The van der Waals surface area contributed by atoms with E-state index in [-0.39, 0.29) is 5.91 Å². The molecular weight excluding hydrogens is 306 g/mol. The smallest absolute Gasteiger partial charge is 0.242 e.